The summed E-state index contributed by atoms with van der Waals surface area (Å²) in [5, 5.41) is 6.97. The molecule has 3 heterocycles. The van der Waals surface area contributed by atoms with E-state index in [2.05, 4.69) is 51.7 Å². The van der Waals surface area contributed by atoms with Crippen LogP contribution in [0.15, 0.2) is 36.5 Å². The number of nitrogens with one attached hydrogen (secondary N) is 2. The Bertz CT molecular complexity index is 864. The summed E-state index contributed by atoms with van der Waals surface area (Å²) < 4.78 is 5.43. The summed E-state index contributed by atoms with van der Waals surface area (Å²) in [7, 11) is 0. The second-order valence-electron chi connectivity index (χ2n) is 8.25. The molecule has 7 heteroatoms. The molecule has 4 rings (SSSR count). The smallest absolute Gasteiger partial charge is 0.252 e. The minimum atomic E-state index is -0.451. The lowest BCUT2D eigenvalue weighted by Crippen LogP contribution is -2.42. The number of hydrogen-bond donors (Lipinski definition) is 3. The molecule has 0 spiro atoms. The Balaban J connectivity index is 1.49. The van der Waals surface area contributed by atoms with Crippen molar-refractivity contribution in [1.29, 1.82) is 0 Å². The number of primary amides is 1. The van der Waals surface area contributed by atoms with Crippen LogP contribution in [0.2, 0.25) is 0 Å². The molecule has 2 aliphatic heterocycles. The minimum Gasteiger partial charge on any atom is -0.381 e. The van der Waals surface area contributed by atoms with Crippen molar-refractivity contribution in [1.82, 2.24) is 10.3 Å². The van der Waals surface area contributed by atoms with E-state index in [9.17, 15) is 4.79 Å². The molecule has 2 fully saturated rings. The Morgan fingerprint density at radius 2 is 2.07 bits per heavy atom. The average Bonchev–Trinajstić information content (AvgIpc) is 2.76. The fraction of sp³-hybridized carbons (Fsp3) is 0.478. The van der Waals surface area contributed by atoms with Gasteiger partial charge in [0.1, 0.15) is 0 Å². The molecule has 0 unspecified atom stereocenters. The highest BCUT2D eigenvalue weighted by molar-refractivity contribution is 5.98. The quantitative estimate of drug-likeness (QED) is 0.676. The standard InChI is InChI=1S/C23H31N5O2/c1-16-14-25-7-6-21(16)27-22-13-18(26-15-20(22)23(24)29)12-17-2-4-19(5-3-17)28-8-10-30-11-9-28/h2-5,13,15-16,21,25H,6-12,14H2,1H3,(H2,24,29)(H,26,27)/t16-,21+/m0/s1. The van der Waals surface area contributed by atoms with Crippen LogP contribution in [0.4, 0.5) is 11.4 Å². The number of nitrogens with zero attached hydrogens (tertiary/aromatic N) is 2. The van der Waals surface area contributed by atoms with E-state index in [4.69, 9.17) is 10.5 Å². The van der Waals surface area contributed by atoms with E-state index in [1.54, 1.807) is 6.20 Å². The van der Waals surface area contributed by atoms with Gasteiger partial charge in [-0.05, 0) is 49.2 Å². The zero-order valence-corrected chi connectivity index (χ0v) is 17.6. The van der Waals surface area contributed by atoms with Gasteiger partial charge in [-0.2, -0.15) is 0 Å². The van der Waals surface area contributed by atoms with Gasteiger partial charge in [0.15, 0.2) is 0 Å². The molecule has 1 amide bonds. The van der Waals surface area contributed by atoms with Gasteiger partial charge in [0, 0.05) is 43.1 Å². The van der Waals surface area contributed by atoms with E-state index < -0.39 is 5.91 Å². The van der Waals surface area contributed by atoms with Crippen LogP contribution in [0, 0.1) is 5.92 Å². The van der Waals surface area contributed by atoms with Crippen LogP contribution in [-0.4, -0.2) is 56.3 Å². The van der Waals surface area contributed by atoms with Crippen LogP contribution in [0.1, 0.15) is 35.0 Å². The largest absolute Gasteiger partial charge is 0.381 e. The summed E-state index contributed by atoms with van der Waals surface area (Å²) in [5.74, 6) is 0.0248. The summed E-state index contributed by atoms with van der Waals surface area (Å²) in [5.41, 5.74) is 10.2. The molecule has 2 atom stereocenters. The fourth-order valence-electron chi connectivity index (χ4n) is 4.19. The molecule has 4 N–H and O–H groups in total. The highest BCUT2D eigenvalue weighted by Gasteiger charge is 2.22. The van der Waals surface area contributed by atoms with Gasteiger partial charge in [0.05, 0.1) is 24.5 Å². The monoisotopic (exact) mass is 409 g/mol. The van der Waals surface area contributed by atoms with Crippen LogP contribution in [0.5, 0.6) is 0 Å². The number of morpholine rings is 1. The van der Waals surface area contributed by atoms with Gasteiger partial charge >= 0.3 is 0 Å². The molecule has 0 bridgehead atoms. The molecule has 2 aliphatic rings. The normalized spacial score (nSPS) is 22.0. The maximum absolute atomic E-state index is 11.9. The average molecular weight is 410 g/mol. The van der Waals surface area contributed by atoms with Crippen molar-refractivity contribution in [2.24, 2.45) is 11.7 Å². The Hall–Kier alpha value is -2.64. The van der Waals surface area contributed by atoms with Gasteiger partial charge in [0.25, 0.3) is 5.91 Å². The number of rotatable bonds is 6. The van der Waals surface area contributed by atoms with E-state index >= 15 is 0 Å². The first-order chi connectivity index (χ1) is 14.6. The number of anilines is 2. The Morgan fingerprint density at radius 1 is 1.30 bits per heavy atom. The van der Waals surface area contributed by atoms with E-state index in [0.29, 0.717) is 23.9 Å². The van der Waals surface area contributed by atoms with Gasteiger partial charge in [-0.3, -0.25) is 9.78 Å². The van der Waals surface area contributed by atoms with Crippen LogP contribution in [-0.2, 0) is 11.2 Å². The molecule has 0 aliphatic carbocycles. The number of carbonyl (C=O) groups is 1. The Labute approximate surface area is 178 Å². The maximum atomic E-state index is 11.9. The van der Waals surface area contributed by atoms with Gasteiger partial charge in [-0.15, -0.1) is 0 Å². The Kier molecular flexibility index (Phi) is 6.50. The molecule has 0 saturated carbocycles. The van der Waals surface area contributed by atoms with Gasteiger partial charge in [0.2, 0.25) is 0 Å². The lowest BCUT2D eigenvalue weighted by molar-refractivity contribution is 0.100. The number of piperidine rings is 1. The lowest BCUT2D eigenvalue weighted by atomic mass is 9.94. The first kappa shape index (κ1) is 20.6. The summed E-state index contributed by atoms with van der Waals surface area (Å²) in [4.78, 5) is 18.8. The molecule has 2 aromatic rings. The van der Waals surface area contributed by atoms with Crippen molar-refractivity contribution in [3.63, 3.8) is 0 Å². The zero-order valence-electron chi connectivity index (χ0n) is 17.6. The topological polar surface area (TPSA) is 92.5 Å². The van der Waals surface area contributed by atoms with Crippen LogP contribution < -0.4 is 21.3 Å². The zero-order chi connectivity index (χ0) is 20.9. The summed E-state index contributed by atoms with van der Waals surface area (Å²) in [6.07, 6.45) is 3.33. The van der Waals surface area contributed by atoms with E-state index in [1.807, 2.05) is 6.07 Å². The first-order valence-corrected chi connectivity index (χ1v) is 10.8. The summed E-state index contributed by atoms with van der Waals surface area (Å²) >= 11 is 0. The number of nitrogens with two attached hydrogens (primary N) is 1. The van der Waals surface area contributed by atoms with E-state index in [-0.39, 0.29) is 0 Å². The summed E-state index contributed by atoms with van der Waals surface area (Å²) in [6.45, 7) is 7.58. The van der Waals surface area contributed by atoms with Crippen molar-refractivity contribution in [3.8, 4) is 0 Å². The third-order valence-electron chi connectivity index (χ3n) is 6.05. The van der Waals surface area contributed by atoms with Crippen molar-refractivity contribution in [2.45, 2.75) is 25.8 Å². The molecular weight excluding hydrogens is 378 g/mol. The molecular formula is C23H31N5O2. The molecule has 1 aromatic heterocycles. The van der Waals surface area contributed by atoms with E-state index in [0.717, 1.165) is 57.2 Å². The van der Waals surface area contributed by atoms with Crippen molar-refractivity contribution < 1.29 is 9.53 Å². The van der Waals surface area contributed by atoms with E-state index in [1.165, 1.54) is 11.3 Å². The second kappa shape index (κ2) is 9.45. The highest BCUT2D eigenvalue weighted by Crippen LogP contribution is 2.23. The number of amides is 1. The van der Waals surface area contributed by atoms with Gasteiger partial charge in [-0.25, -0.2) is 0 Å². The number of carbonyl (C=O) groups excluding carboxylic acids is 1. The number of hydrogen-bond acceptors (Lipinski definition) is 6. The van der Waals surface area contributed by atoms with Crippen molar-refractivity contribution in [3.05, 3.63) is 53.3 Å². The molecule has 2 saturated heterocycles. The number of pyridine rings is 1. The third-order valence-corrected chi connectivity index (χ3v) is 6.05. The second-order valence-corrected chi connectivity index (χ2v) is 8.25. The van der Waals surface area contributed by atoms with Gasteiger partial charge in [-0.1, -0.05) is 19.1 Å². The third kappa shape index (κ3) is 4.91. The highest BCUT2D eigenvalue weighted by atomic mass is 16.5. The predicted octanol–water partition coefficient (Wildman–Crippen LogP) is 2.02. The lowest BCUT2D eigenvalue weighted by Gasteiger charge is -2.31. The Morgan fingerprint density at radius 3 is 2.77 bits per heavy atom. The molecule has 30 heavy (non-hydrogen) atoms. The van der Waals surface area contributed by atoms with Crippen molar-refractivity contribution in [2.75, 3.05) is 49.6 Å². The number of benzene rings is 1. The molecule has 0 radical (unpaired) electrons. The maximum Gasteiger partial charge on any atom is 0.252 e. The molecule has 160 valence electrons. The fourth-order valence-corrected chi connectivity index (χ4v) is 4.19. The van der Waals surface area contributed by atoms with Crippen LogP contribution >= 0.6 is 0 Å². The number of aromatic nitrogens is 1. The minimum absolute atomic E-state index is 0.312. The summed E-state index contributed by atoms with van der Waals surface area (Å²) in [6, 6.07) is 10.9. The molecule has 7 nitrogen and oxygen atoms in total. The molecule has 1 aromatic carbocycles. The first-order valence-electron chi connectivity index (χ1n) is 10.8. The SMILES string of the molecule is C[C@H]1CNCC[C@H]1Nc1cc(Cc2ccc(N3CCOCC3)cc2)ncc1C(N)=O. The number of ether oxygens (including phenoxy) is 1. The van der Waals surface area contributed by atoms with Crippen LogP contribution in [0.3, 0.4) is 0 Å². The van der Waals surface area contributed by atoms with Gasteiger partial charge < -0.3 is 26.0 Å². The van der Waals surface area contributed by atoms with Crippen molar-refractivity contribution >= 4 is 17.3 Å². The predicted molar refractivity (Wildman–Crippen MR) is 119 cm³/mol. The van der Waals surface area contributed by atoms with Crippen LogP contribution in [0.25, 0.3) is 0 Å².